The number of aromatic amines is 1. The molecule has 17 heavy (non-hydrogen) atoms. The number of benzene rings is 1. The monoisotopic (exact) mass is 247 g/mol. The molecule has 2 aromatic rings. The number of carbonyl (C=O) groups excluding carboxylic acids is 1. The molecule has 0 atom stereocenters. The summed E-state index contributed by atoms with van der Waals surface area (Å²) in [5.74, 6) is -0.0608. The fraction of sp³-hybridized carbons (Fsp3) is 0.231. The van der Waals surface area contributed by atoms with Gasteiger partial charge in [0, 0.05) is 28.0 Å². The second-order valence-corrected chi connectivity index (χ2v) is 4.71. The fourth-order valence-electron chi connectivity index (χ4n) is 2.34. The van der Waals surface area contributed by atoms with Crippen LogP contribution in [0, 0.1) is 0 Å². The van der Waals surface area contributed by atoms with Crippen LogP contribution in [0.15, 0.2) is 23.0 Å². The number of Topliss-reactive ketones (excluding diaryl/α,β-unsaturated/α-hetero) is 1. The molecule has 1 aromatic carbocycles. The summed E-state index contributed by atoms with van der Waals surface area (Å²) < 4.78 is 0. The molecule has 1 aliphatic rings. The molecule has 0 bridgehead atoms. The van der Waals surface area contributed by atoms with Gasteiger partial charge in [-0.05, 0) is 31.0 Å². The molecule has 0 spiro atoms. The van der Waals surface area contributed by atoms with Crippen molar-refractivity contribution < 1.29 is 4.79 Å². The van der Waals surface area contributed by atoms with E-state index in [1.807, 2.05) is 0 Å². The van der Waals surface area contributed by atoms with Gasteiger partial charge in [0.2, 0.25) is 5.43 Å². The summed E-state index contributed by atoms with van der Waals surface area (Å²) >= 11 is 5.87. The molecule has 1 aliphatic carbocycles. The van der Waals surface area contributed by atoms with Crippen molar-refractivity contribution in [3.63, 3.8) is 0 Å². The van der Waals surface area contributed by atoms with Crippen molar-refractivity contribution in [2.75, 3.05) is 0 Å². The zero-order chi connectivity index (χ0) is 12.0. The summed E-state index contributed by atoms with van der Waals surface area (Å²) in [6.07, 6.45) is 2.03. The van der Waals surface area contributed by atoms with Crippen molar-refractivity contribution in [1.29, 1.82) is 0 Å². The Bertz CT molecular complexity index is 688. The lowest BCUT2D eigenvalue weighted by Gasteiger charge is -2.14. The van der Waals surface area contributed by atoms with Crippen LogP contribution in [0.5, 0.6) is 0 Å². The van der Waals surface area contributed by atoms with Gasteiger partial charge in [-0.25, -0.2) is 0 Å². The number of fused-ring (bicyclic) bond motifs is 2. The SMILES string of the molecule is O=C1CCCc2[nH]c3ccc(Cl)cc3c(=O)c21. The van der Waals surface area contributed by atoms with Crippen LogP contribution in [0.1, 0.15) is 28.9 Å². The van der Waals surface area contributed by atoms with Crippen LogP contribution >= 0.6 is 11.6 Å². The van der Waals surface area contributed by atoms with Crippen LogP contribution in [0.4, 0.5) is 0 Å². The minimum Gasteiger partial charge on any atom is -0.358 e. The first kappa shape index (κ1) is 10.5. The van der Waals surface area contributed by atoms with Crippen molar-refractivity contribution in [1.82, 2.24) is 4.98 Å². The summed E-state index contributed by atoms with van der Waals surface area (Å²) in [5.41, 5.74) is 1.64. The molecule has 0 unspecified atom stereocenters. The predicted octanol–water partition coefficient (Wildman–Crippen LogP) is 2.70. The molecule has 0 amide bonds. The number of pyridine rings is 1. The van der Waals surface area contributed by atoms with Crippen LogP contribution in [-0.4, -0.2) is 10.8 Å². The quantitative estimate of drug-likeness (QED) is 0.778. The molecule has 3 nitrogen and oxygen atoms in total. The highest BCUT2D eigenvalue weighted by Gasteiger charge is 2.22. The lowest BCUT2D eigenvalue weighted by Crippen LogP contribution is -2.23. The molecule has 0 aliphatic heterocycles. The molecule has 1 heterocycles. The maximum Gasteiger partial charge on any atom is 0.200 e. The molecule has 0 saturated carbocycles. The van der Waals surface area contributed by atoms with Gasteiger partial charge in [-0.2, -0.15) is 0 Å². The Morgan fingerprint density at radius 1 is 1.18 bits per heavy atom. The third-order valence-electron chi connectivity index (χ3n) is 3.15. The van der Waals surface area contributed by atoms with Crippen molar-refractivity contribution in [2.45, 2.75) is 19.3 Å². The zero-order valence-electron chi connectivity index (χ0n) is 9.05. The third-order valence-corrected chi connectivity index (χ3v) is 3.39. The summed E-state index contributed by atoms with van der Waals surface area (Å²) in [6, 6.07) is 5.12. The number of ketones is 1. The lowest BCUT2D eigenvalue weighted by atomic mass is 9.93. The molecule has 1 aromatic heterocycles. The third kappa shape index (κ3) is 1.58. The topological polar surface area (TPSA) is 49.9 Å². The number of carbonyl (C=O) groups is 1. The number of hydrogen-bond donors (Lipinski definition) is 1. The number of aryl methyl sites for hydroxylation is 1. The Morgan fingerprint density at radius 2 is 2.00 bits per heavy atom. The van der Waals surface area contributed by atoms with Gasteiger partial charge in [0.15, 0.2) is 5.78 Å². The molecule has 3 rings (SSSR count). The Balaban J connectivity index is 2.44. The first-order valence-corrected chi connectivity index (χ1v) is 5.92. The van der Waals surface area contributed by atoms with Crippen molar-refractivity contribution in [3.05, 3.63) is 44.7 Å². The average Bonchev–Trinajstić information content (AvgIpc) is 2.30. The van der Waals surface area contributed by atoms with E-state index in [-0.39, 0.29) is 11.2 Å². The van der Waals surface area contributed by atoms with Gasteiger partial charge in [0.1, 0.15) is 0 Å². The van der Waals surface area contributed by atoms with E-state index in [4.69, 9.17) is 11.6 Å². The molecule has 0 radical (unpaired) electrons. The van der Waals surface area contributed by atoms with Gasteiger partial charge in [-0.3, -0.25) is 9.59 Å². The molecular weight excluding hydrogens is 238 g/mol. The summed E-state index contributed by atoms with van der Waals surface area (Å²) in [7, 11) is 0. The number of hydrogen-bond acceptors (Lipinski definition) is 2. The van der Waals surface area contributed by atoms with E-state index in [1.165, 1.54) is 0 Å². The van der Waals surface area contributed by atoms with Crippen molar-refractivity contribution in [3.8, 4) is 0 Å². The Hall–Kier alpha value is -1.61. The van der Waals surface area contributed by atoms with Gasteiger partial charge in [0.05, 0.1) is 5.56 Å². The number of halogens is 1. The first-order chi connectivity index (χ1) is 8.16. The Labute approximate surface area is 102 Å². The van der Waals surface area contributed by atoms with E-state index < -0.39 is 0 Å². The van der Waals surface area contributed by atoms with E-state index in [1.54, 1.807) is 18.2 Å². The maximum absolute atomic E-state index is 12.2. The van der Waals surface area contributed by atoms with Gasteiger partial charge in [-0.1, -0.05) is 11.6 Å². The first-order valence-electron chi connectivity index (χ1n) is 5.54. The number of nitrogens with one attached hydrogen (secondary N) is 1. The summed E-state index contributed by atoms with van der Waals surface area (Å²) in [6.45, 7) is 0. The van der Waals surface area contributed by atoms with Crippen molar-refractivity contribution in [2.24, 2.45) is 0 Å². The Morgan fingerprint density at radius 3 is 2.82 bits per heavy atom. The van der Waals surface area contributed by atoms with E-state index in [0.29, 0.717) is 22.4 Å². The maximum atomic E-state index is 12.2. The lowest BCUT2D eigenvalue weighted by molar-refractivity contribution is 0.0970. The molecule has 0 fully saturated rings. The zero-order valence-corrected chi connectivity index (χ0v) is 9.80. The highest BCUT2D eigenvalue weighted by Crippen LogP contribution is 2.21. The normalized spacial score (nSPS) is 15.0. The average molecular weight is 248 g/mol. The van der Waals surface area contributed by atoms with Crippen LogP contribution in [0.25, 0.3) is 10.9 Å². The minimum absolute atomic E-state index is 0.0608. The summed E-state index contributed by atoms with van der Waals surface area (Å²) in [4.78, 5) is 27.2. The molecular formula is C13H10ClNO2. The number of aromatic nitrogens is 1. The van der Waals surface area contributed by atoms with Gasteiger partial charge in [-0.15, -0.1) is 0 Å². The standard InChI is InChI=1S/C13H10ClNO2/c14-7-4-5-9-8(6-7)13(17)12-10(15-9)2-1-3-11(12)16/h4-6H,1-3H2,(H,15,17). The second-order valence-electron chi connectivity index (χ2n) is 4.27. The summed E-state index contributed by atoms with van der Waals surface area (Å²) in [5, 5.41) is 0.998. The van der Waals surface area contributed by atoms with Crippen molar-refractivity contribution >= 4 is 28.3 Å². The van der Waals surface area contributed by atoms with Gasteiger partial charge < -0.3 is 4.98 Å². The highest BCUT2D eigenvalue weighted by atomic mass is 35.5. The predicted molar refractivity (Wildman–Crippen MR) is 66.8 cm³/mol. The largest absolute Gasteiger partial charge is 0.358 e. The van der Waals surface area contributed by atoms with Crippen LogP contribution < -0.4 is 5.43 Å². The van der Waals surface area contributed by atoms with E-state index in [0.717, 1.165) is 24.1 Å². The van der Waals surface area contributed by atoms with Crippen LogP contribution in [-0.2, 0) is 6.42 Å². The number of rotatable bonds is 0. The Kier molecular flexibility index (Phi) is 2.30. The fourth-order valence-corrected chi connectivity index (χ4v) is 2.52. The van der Waals surface area contributed by atoms with Gasteiger partial charge in [0.25, 0.3) is 0 Å². The van der Waals surface area contributed by atoms with Gasteiger partial charge >= 0.3 is 0 Å². The second kappa shape index (κ2) is 3.70. The van der Waals surface area contributed by atoms with E-state index in [9.17, 15) is 9.59 Å². The highest BCUT2D eigenvalue weighted by molar-refractivity contribution is 6.31. The smallest absolute Gasteiger partial charge is 0.200 e. The minimum atomic E-state index is -0.194. The molecule has 86 valence electrons. The molecule has 4 heteroatoms. The molecule has 1 N–H and O–H groups in total. The van der Waals surface area contributed by atoms with E-state index in [2.05, 4.69) is 4.98 Å². The number of H-pyrrole nitrogens is 1. The van der Waals surface area contributed by atoms with Crippen LogP contribution in [0.2, 0.25) is 5.02 Å². The van der Waals surface area contributed by atoms with Crippen LogP contribution in [0.3, 0.4) is 0 Å². The molecule has 0 saturated heterocycles. The van der Waals surface area contributed by atoms with E-state index >= 15 is 0 Å².